The zero-order valence-corrected chi connectivity index (χ0v) is 13.1. The highest BCUT2D eigenvalue weighted by molar-refractivity contribution is 7.21. The standard InChI is InChI=1S/C14H12N2OS.CH4N2O/c1-9-5-10(8-15-7-9)14-16-12-6-11(17-2)3-4-13(12)18-14;2-1(3)4/h3-8H,1-2H3;(H4,2,3,4). The third-order valence-corrected chi connectivity index (χ3v) is 3.80. The van der Waals surface area contributed by atoms with Crippen LogP contribution in [0.15, 0.2) is 36.7 Å². The number of urea groups is 1. The molecule has 0 unspecified atom stereocenters. The van der Waals surface area contributed by atoms with E-state index >= 15 is 0 Å². The number of aromatic nitrogens is 2. The maximum atomic E-state index is 9.00. The van der Waals surface area contributed by atoms with Gasteiger partial charge < -0.3 is 16.2 Å². The van der Waals surface area contributed by atoms with Crippen LogP contribution in [0.1, 0.15) is 5.56 Å². The number of benzene rings is 1. The summed E-state index contributed by atoms with van der Waals surface area (Å²) in [6.45, 7) is 2.03. The number of hydrogen-bond donors (Lipinski definition) is 2. The molecule has 3 aromatic rings. The molecule has 0 fully saturated rings. The number of amides is 2. The van der Waals surface area contributed by atoms with E-state index in [4.69, 9.17) is 9.53 Å². The molecule has 0 aliphatic rings. The van der Waals surface area contributed by atoms with E-state index in [1.54, 1.807) is 18.4 Å². The molecule has 22 heavy (non-hydrogen) atoms. The van der Waals surface area contributed by atoms with E-state index in [1.807, 2.05) is 37.5 Å². The summed E-state index contributed by atoms with van der Waals surface area (Å²) in [4.78, 5) is 17.8. The van der Waals surface area contributed by atoms with Gasteiger partial charge in [-0.1, -0.05) is 0 Å². The predicted molar refractivity (Wildman–Crippen MR) is 87.9 cm³/mol. The molecular formula is C15H16N4O2S. The van der Waals surface area contributed by atoms with Gasteiger partial charge in [-0.25, -0.2) is 9.78 Å². The van der Waals surface area contributed by atoms with Crippen LogP contribution in [0.2, 0.25) is 0 Å². The fraction of sp³-hybridized carbons (Fsp3) is 0.133. The van der Waals surface area contributed by atoms with Gasteiger partial charge in [0, 0.05) is 24.0 Å². The number of ether oxygens (including phenoxy) is 1. The SMILES string of the molecule is COc1ccc2sc(-c3cncc(C)c3)nc2c1.NC(N)=O. The van der Waals surface area contributed by atoms with Crippen LogP contribution in [0.3, 0.4) is 0 Å². The van der Waals surface area contributed by atoms with Crippen molar-refractivity contribution in [3.05, 3.63) is 42.2 Å². The second-order valence-electron chi connectivity index (χ2n) is 4.51. The second kappa shape index (κ2) is 6.86. The summed E-state index contributed by atoms with van der Waals surface area (Å²) in [5.41, 5.74) is 11.7. The lowest BCUT2D eigenvalue weighted by Gasteiger charge is -1.96. The van der Waals surface area contributed by atoms with E-state index in [2.05, 4.69) is 27.5 Å². The molecule has 0 bridgehead atoms. The third-order valence-electron chi connectivity index (χ3n) is 2.72. The van der Waals surface area contributed by atoms with Crippen LogP contribution in [0.5, 0.6) is 5.75 Å². The number of nitrogens with zero attached hydrogens (tertiary/aromatic N) is 2. The van der Waals surface area contributed by atoms with Gasteiger partial charge in [0.2, 0.25) is 0 Å². The Morgan fingerprint density at radius 3 is 2.59 bits per heavy atom. The molecule has 3 rings (SSSR count). The van der Waals surface area contributed by atoms with Crippen LogP contribution in [-0.4, -0.2) is 23.1 Å². The van der Waals surface area contributed by atoms with E-state index in [0.717, 1.165) is 32.1 Å². The van der Waals surface area contributed by atoms with Gasteiger partial charge in [0.25, 0.3) is 0 Å². The fourth-order valence-electron chi connectivity index (χ4n) is 1.83. The Balaban J connectivity index is 0.000000396. The molecular weight excluding hydrogens is 300 g/mol. The number of pyridine rings is 1. The van der Waals surface area contributed by atoms with Gasteiger partial charge in [-0.15, -0.1) is 11.3 Å². The normalized spacial score (nSPS) is 9.91. The Kier molecular flexibility index (Phi) is 4.90. The monoisotopic (exact) mass is 316 g/mol. The Labute approximate surface area is 131 Å². The molecule has 2 aromatic heterocycles. The topological polar surface area (TPSA) is 104 Å². The lowest BCUT2D eigenvalue weighted by atomic mass is 10.2. The maximum absolute atomic E-state index is 9.00. The summed E-state index contributed by atoms with van der Waals surface area (Å²) in [6.07, 6.45) is 3.70. The number of carbonyl (C=O) groups is 1. The van der Waals surface area contributed by atoms with Crippen molar-refractivity contribution in [2.24, 2.45) is 11.5 Å². The molecule has 0 atom stereocenters. The van der Waals surface area contributed by atoms with Crippen LogP contribution >= 0.6 is 11.3 Å². The average molecular weight is 316 g/mol. The van der Waals surface area contributed by atoms with Crippen LogP contribution in [0.25, 0.3) is 20.8 Å². The van der Waals surface area contributed by atoms with Gasteiger partial charge in [-0.3, -0.25) is 4.98 Å². The van der Waals surface area contributed by atoms with Crippen molar-refractivity contribution < 1.29 is 9.53 Å². The predicted octanol–water partition coefficient (Wildman–Crippen LogP) is 2.70. The number of nitrogens with two attached hydrogens (primary N) is 2. The van der Waals surface area contributed by atoms with Crippen LogP contribution in [-0.2, 0) is 0 Å². The third kappa shape index (κ3) is 3.92. The number of aryl methyl sites for hydroxylation is 1. The highest BCUT2D eigenvalue weighted by Gasteiger charge is 2.07. The minimum atomic E-state index is -0.833. The first-order valence-corrected chi connectivity index (χ1v) is 7.22. The highest BCUT2D eigenvalue weighted by Crippen LogP contribution is 2.31. The second-order valence-corrected chi connectivity index (χ2v) is 5.54. The van der Waals surface area contributed by atoms with E-state index in [-0.39, 0.29) is 0 Å². The van der Waals surface area contributed by atoms with Crippen molar-refractivity contribution in [1.29, 1.82) is 0 Å². The first-order valence-electron chi connectivity index (χ1n) is 6.41. The van der Waals surface area contributed by atoms with E-state index in [0.29, 0.717) is 0 Å². The smallest absolute Gasteiger partial charge is 0.309 e. The summed E-state index contributed by atoms with van der Waals surface area (Å²) in [7, 11) is 1.67. The van der Waals surface area contributed by atoms with E-state index < -0.39 is 6.03 Å². The van der Waals surface area contributed by atoms with Crippen molar-refractivity contribution >= 4 is 27.6 Å². The number of primary amides is 2. The maximum Gasteiger partial charge on any atom is 0.309 e. The molecule has 0 aliphatic heterocycles. The number of fused-ring (bicyclic) bond motifs is 1. The molecule has 7 heteroatoms. The van der Waals surface area contributed by atoms with Crippen molar-refractivity contribution in [3.63, 3.8) is 0 Å². The Hall–Kier alpha value is -2.67. The van der Waals surface area contributed by atoms with E-state index in [1.165, 1.54) is 0 Å². The number of methoxy groups -OCH3 is 1. The van der Waals surface area contributed by atoms with Gasteiger partial charge in [-0.2, -0.15) is 0 Å². The van der Waals surface area contributed by atoms with Gasteiger partial charge >= 0.3 is 6.03 Å². The first kappa shape index (κ1) is 15.7. The average Bonchev–Trinajstić information content (AvgIpc) is 2.89. The number of thiazole rings is 1. The summed E-state index contributed by atoms with van der Waals surface area (Å²) >= 11 is 1.67. The summed E-state index contributed by atoms with van der Waals surface area (Å²) < 4.78 is 6.37. The Morgan fingerprint density at radius 1 is 1.23 bits per heavy atom. The fourth-order valence-corrected chi connectivity index (χ4v) is 2.76. The molecule has 0 radical (unpaired) electrons. The minimum absolute atomic E-state index is 0.833. The zero-order chi connectivity index (χ0) is 16.1. The van der Waals surface area contributed by atoms with Crippen molar-refractivity contribution in [2.75, 3.05) is 7.11 Å². The molecule has 2 heterocycles. The molecule has 0 aliphatic carbocycles. The van der Waals surface area contributed by atoms with Gasteiger partial charge in [-0.05, 0) is 30.7 Å². The molecule has 6 nitrogen and oxygen atoms in total. The molecule has 4 N–H and O–H groups in total. The van der Waals surface area contributed by atoms with E-state index in [9.17, 15) is 0 Å². The van der Waals surface area contributed by atoms with Gasteiger partial charge in [0.1, 0.15) is 10.8 Å². The lowest BCUT2D eigenvalue weighted by Crippen LogP contribution is -2.18. The molecule has 2 amide bonds. The lowest BCUT2D eigenvalue weighted by molar-refractivity contribution is 0.256. The molecule has 114 valence electrons. The van der Waals surface area contributed by atoms with Crippen molar-refractivity contribution in [2.45, 2.75) is 6.92 Å². The highest BCUT2D eigenvalue weighted by atomic mass is 32.1. The molecule has 1 aromatic carbocycles. The van der Waals surface area contributed by atoms with Crippen molar-refractivity contribution in [3.8, 4) is 16.3 Å². The largest absolute Gasteiger partial charge is 0.497 e. The summed E-state index contributed by atoms with van der Waals surface area (Å²) in [5, 5.41) is 0.995. The Bertz CT molecular complexity index is 797. The van der Waals surface area contributed by atoms with Crippen molar-refractivity contribution in [1.82, 2.24) is 9.97 Å². The Morgan fingerprint density at radius 2 is 1.95 bits per heavy atom. The first-order chi connectivity index (χ1) is 10.5. The number of rotatable bonds is 2. The minimum Gasteiger partial charge on any atom is -0.497 e. The van der Waals surface area contributed by atoms with Crippen LogP contribution in [0.4, 0.5) is 4.79 Å². The summed E-state index contributed by atoms with van der Waals surface area (Å²) in [5.74, 6) is 0.835. The summed E-state index contributed by atoms with van der Waals surface area (Å²) in [6, 6.07) is 7.22. The van der Waals surface area contributed by atoms with Gasteiger partial charge in [0.05, 0.1) is 17.3 Å². The number of hydrogen-bond acceptors (Lipinski definition) is 5. The van der Waals surface area contributed by atoms with Gasteiger partial charge in [0.15, 0.2) is 0 Å². The molecule has 0 saturated heterocycles. The van der Waals surface area contributed by atoms with Crippen LogP contribution < -0.4 is 16.2 Å². The zero-order valence-electron chi connectivity index (χ0n) is 12.2. The molecule has 0 spiro atoms. The number of carbonyl (C=O) groups excluding carboxylic acids is 1. The van der Waals surface area contributed by atoms with Crippen LogP contribution in [0, 0.1) is 6.92 Å². The quantitative estimate of drug-likeness (QED) is 0.758. The molecule has 0 saturated carbocycles.